The van der Waals surface area contributed by atoms with E-state index in [-0.39, 0.29) is 38.6 Å². The van der Waals surface area contributed by atoms with Crippen LogP contribution in [0.15, 0.2) is 59.1 Å². The Morgan fingerprint density at radius 3 is 2.58 bits per heavy atom. The van der Waals surface area contributed by atoms with E-state index in [0.29, 0.717) is 35.0 Å². The number of nitrogens with zero attached hydrogens (tertiary/aromatic N) is 3. The maximum absolute atomic E-state index is 13.9. The minimum Gasteiger partial charge on any atom is -0.493 e. The first-order chi connectivity index (χ1) is 27.6. The van der Waals surface area contributed by atoms with E-state index in [1.54, 1.807) is 14.2 Å². The molecule has 9 atom stereocenters. The zero-order valence-corrected chi connectivity index (χ0v) is 33.5. The summed E-state index contributed by atoms with van der Waals surface area (Å²) in [6.07, 6.45) is -1.01. The van der Waals surface area contributed by atoms with Crippen LogP contribution in [0.3, 0.4) is 0 Å². The summed E-state index contributed by atoms with van der Waals surface area (Å²) in [5, 5.41) is 13.4. The Morgan fingerprint density at radius 1 is 1.09 bits per heavy atom. The molecule has 6 aliphatic heterocycles. The number of rotatable bonds is 8. The molecule has 9 rings (SSSR count). The fourth-order valence-electron chi connectivity index (χ4n) is 9.69. The van der Waals surface area contributed by atoms with E-state index in [1.165, 1.54) is 18.7 Å². The van der Waals surface area contributed by atoms with Gasteiger partial charge in [0.05, 0.1) is 25.3 Å². The van der Waals surface area contributed by atoms with Crippen molar-refractivity contribution in [2.75, 3.05) is 47.2 Å². The lowest BCUT2D eigenvalue weighted by Gasteiger charge is -2.64. The highest BCUT2D eigenvalue weighted by Gasteiger charge is 2.64. The van der Waals surface area contributed by atoms with E-state index in [4.69, 9.17) is 37.9 Å². The van der Waals surface area contributed by atoms with Gasteiger partial charge < -0.3 is 43.2 Å². The smallest absolute Gasteiger partial charge is 0.408 e. The van der Waals surface area contributed by atoms with Gasteiger partial charge in [-0.15, -0.1) is 0 Å². The van der Waals surface area contributed by atoms with Crippen molar-refractivity contribution in [3.63, 3.8) is 0 Å². The minimum absolute atomic E-state index is 0.0168. The van der Waals surface area contributed by atoms with Crippen molar-refractivity contribution >= 4 is 29.8 Å². The van der Waals surface area contributed by atoms with Gasteiger partial charge in [-0.05, 0) is 44.0 Å². The van der Waals surface area contributed by atoms with Crippen LogP contribution in [0.4, 0.5) is 4.79 Å². The fourth-order valence-corrected chi connectivity index (χ4v) is 11.3. The molecule has 57 heavy (non-hydrogen) atoms. The van der Waals surface area contributed by atoms with Gasteiger partial charge in [-0.25, -0.2) is 9.59 Å². The van der Waals surface area contributed by atoms with Crippen molar-refractivity contribution in [1.29, 1.82) is 5.26 Å². The van der Waals surface area contributed by atoms with Crippen molar-refractivity contribution in [2.45, 2.75) is 81.4 Å². The van der Waals surface area contributed by atoms with Crippen molar-refractivity contribution < 1.29 is 52.3 Å². The van der Waals surface area contributed by atoms with Gasteiger partial charge in [0.1, 0.15) is 31.4 Å². The van der Waals surface area contributed by atoms with Crippen molar-refractivity contribution in [2.24, 2.45) is 5.92 Å². The molecule has 2 aromatic carbocycles. The molecule has 4 bridgehead atoms. The van der Waals surface area contributed by atoms with Crippen LogP contribution < -0.4 is 14.8 Å². The molecule has 0 spiro atoms. The molecule has 0 aromatic heterocycles. The first-order valence-corrected chi connectivity index (χ1v) is 20.0. The molecular weight excluding hydrogens is 757 g/mol. The second-order valence-corrected chi connectivity index (χ2v) is 16.2. The van der Waals surface area contributed by atoms with Crippen molar-refractivity contribution in [3.8, 4) is 17.6 Å². The van der Waals surface area contributed by atoms with Crippen LogP contribution in [0, 0.1) is 24.2 Å². The number of carbonyl (C=O) groups is 3. The van der Waals surface area contributed by atoms with E-state index in [2.05, 4.69) is 27.3 Å². The molecule has 1 aliphatic carbocycles. The van der Waals surface area contributed by atoms with Crippen LogP contribution in [0.2, 0.25) is 0 Å². The van der Waals surface area contributed by atoms with Gasteiger partial charge in [-0.1, -0.05) is 36.4 Å². The molecule has 15 nitrogen and oxygen atoms in total. The van der Waals surface area contributed by atoms with Gasteiger partial charge in [0.25, 0.3) is 0 Å². The number of alkyl carbamates (subject to hydrolysis) is 1. The number of hydrogen-bond donors (Lipinski definition) is 1. The monoisotopic (exact) mass is 802 g/mol. The average molecular weight is 803 g/mol. The second kappa shape index (κ2) is 15.8. The summed E-state index contributed by atoms with van der Waals surface area (Å²) >= 11 is 1.45. The molecule has 6 heterocycles. The summed E-state index contributed by atoms with van der Waals surface area (Å²) < 4.78 is 47.9. The van der Waals surface area contributed by atoms with Crippen LogP contribution >= 0.6 is 11.8 Å². The van der Waals surface area contributed by atoms with Crippen LogP contribution in [0.1, 0.15) is 42.1 Å². The molecule has 5 fully saturated rings. The quantitative estimate of drug-likeness (QED) is 0.232. The molecule has 1 amide bonds. The first-order valence-electron chi connectivity index (χ1n) is 18.9. The number of benzene rings is 2. The van der Waals surface area contributed by atoms with E-state index in [1.807, 2.05) is 51.2 Å². The molecule has 5 unspecified atom stereocenters. The summed E-state index contributed by atoms with van der Waals surface area (Å²) in [6.45, 7) is 4.98. The van der Waals surface area contributed by atoms with E-state index in [9.17, 15) is 19.6 Å². The van der Waals surface area contributed by atoms with Crippen LogP contribution in [0.25, 0.3) is 0 Å². The van der Waals surface area contributed by atoms with E-state index >= 15 is 0 Å². The number of carbonyl (C=O) groups excluding carboxylic acids is 3. The number of fused-ring (bicyclic) bond motifs is 10. The van der Waals surface area contributed by atoms with Crippen LogP contribution in [0.5, 0.6) is 11.5 Å². The third-order valence-corrected chi connectivity index (χ3v) is 13.4. The number of ether oxygens (including phenoxy) is 8. The van der Waals surface area contributed by atoms with E-state index in [0.717, 1.165) is 27.8 Å². The molecule has 7 aliphatic rings. The molecule has 0 radical (unpaired) electrons. The number of nitrogens with one attached hydrogen (secondary N) is 1. The number of methoxy groups -OCH3 is 2. The highest BCUT2D eigenvalue weighted by molar-refractivity contribution is 8.00. The normalized spacial score (nSPS) is 30.3. The van der Waals surface area contributed by atoms with Gasteiger partial charge in [-0.3, -0.25) is 14.6 Å². The number of piperidine rings is 1. The topological polar surface area (TPSA) is 167 Å². The molecule has 302 valence electrons. The molecule has 16 heteroatoms. The number of hydrogen-bond acceptors (Lipinski definition) is 15. The Bertz CT molecular complexity index is 2050. The number of amides is 1. The summed E-state index contributed by atoms with van der Waals surface area (Å²) in [4.78, 5) is 44.5. The maximum Gasteiger partial charge on any atom is 0.408 e. The molecule has 0 saturated carbocycles. The average Bonchev–Trinajstić information content (AvgIpc) is 3.69. The number of thioether (sulfide) groups is 1. The predicted molar refractivity (Wildman–Crippen MR) is 204 cm³/mol. The van der Waals surface area contributed by atoms with Crippen LogP contribution in [-0.2, 0) is 51.0 Å². The minimum atomic E-state index is -1.08. The lowest BCUT2D eigenvalue weighted by Crippen LogP contribution is -2.75. The largest absolute Gasteiger partial charge is 0.493 e. The Balaban J connectivity index is 1.28. The summed E-state index contributed by atoms with van der Waals surface area (Å²) in [5.41, 5.74) is 5.06. The standard InChI is InChI=1S/C41H46N4O11S/c1-20-12-24-13-26-27(14-42)45-28-16-51-40(47)25(43-41(48)52-15-23-10-8-7-9-11-23)17-57-39(31-30(28)38-36(54-19-55-38)21(2)35(31)56-22(3)46)33(45)32(44(26)4)29(24)37(34(20)50-6)53-18-49-5/h7-12,25-28,31-33,35,39H,13,15-19H2,1-6H3,(H,43,48)/t25?,26-,27?,28-,31?,32-,33?,35?,39-/m1/s1. The second-order valence-electron chi connectivity index (χ2n) is 15.0. The molecule has 2 aromatic rings. The van der Waals surface area contributed by atoms with Gasteiger partial charge in [0, 0.05) is 59.7 Å². The van der Waals surface area contributed by atoms with E-state index < -0.39 is 65.5 Å². The third kappa shape index (κ3) is 6.64. The lowest BCUT2D eigenvalue weighted by molar-refractivity contribution is -0.154. The number of aryl methyl sites for hydroxylation is 1. The number of piperazine rings is 1. The predicted octanol–water partition coefficient (Wildman–Crippen LogP) is 3.89. The SMILES string of the molecule is COCOc1c(OC)c(C)cc2c1[C@@H]1C3[C@@H]4SCC(NC(=O)OCc5ccccc5)C(=O)OC[C@H](C5=C6OCOC6=C(C)C(OC(C)=O)C54)N3C(C#N)[C@@H](C2)N1C. The summed E-state index contributed by atoms with van der Waals surface area (Å²) in [7, 11) is 5.19. The highest BCUT2D eigenvalue weighted by Crippen LogP contribution is 2.59. The Hall–Kier alpha value is -4.95. The number of esters is 2. The zero-order chi connectivity index (χ0) is 40.1. The van der Waals surface area contributed by atoms with Crippen molar-refractivity contribution in [1.82, 2.24) is 15.1 Å². The zero-order valence-electron chi connectivity index (χ0n) is 32.6. The van der Waals surface area contributed by atoms with Gasteiger partial charge in [0.15, 0.2) is 29.8 Å². The van der Waals surface area contributed by atoms with Gasteiger partial charge in [0.2, 0.25) is 6.79 Å². The Labute approximate surface area is 335 Å². The van der Waals surface area contributed by atoms with Crippen LogP contribution in [-0.4, -0.2) is 117 Å². The first kappa shape index (κ1) is 38.9. The molecular formula is C41H46N4O11S. The highest BCUT2D eigenvalue weighted by atomic mass is 32.2. The number of nitriles is 1. The maximum atomic E-state index is 13.9. The molecule has 5 saturated heterocycles. The number of likely N-dealkylation sites (N-methyl/N-ethyl adjacent to an activating group) is 1. The Morgan fingerprint density at radius 2 is 1.86 bits per heavy atom. The summed E-state index contributed by atoms with van der Waals surface area (Å²) in [6, 6.07) is 10.4. The lowest BCUT2D eigenvalue weighted by atomic mass is 9.66. The third-order valence-electron chi connectivity index (χ3n) is 11.9. The fraction of sp³-hybridized carbons (Fsp3) is 0.512. The van der Waals surface area contributed by atoms with Gasteiger partial charge >= 0.3 is 18.0 Å². The molecule has 1 N–H and O–H groups in total. The Kier molecular flexibility index (Phi) is 10.8. The van der Waals surface area contributed by atoms with Crippen molar-refractivity contribution in [3.05, 3.63) is 81.3 Å². The van der Waals surface area contributed by atoms with Gasteiger partial charge in [-0.2, -0.15) is 17.0 Å². The summed E-state index contributed by atoms with van der Waals surface area (Å²) in [5.74, 6) is 0.560.